The second-order valence-corrected chi connectivity index (χ2v) is 7.46. The smallest absolute Gasteiger partial charge is 0.224 e. The van der Waals surface area contributed by atoms with E-state index >= 15 is 0 Å². The van der Waals surface area contributed by atoms with Gasteiger partial charge in [0.15, 0.2) is 0 Å². The monoisotopic (exact) mass is 354 g/mol. The molecule has 0 spiro atoms. The van der Waals surface area contributed by atoms with Gasteiger partial charge in [0.25, 0.3) is 0 Å². The number of carbonyl (C=O) groups is 1. The molecule has 2 aliphatic rings. The van der Waals surface area contributed by atoms with Crippen LogP contribution in [0.4, 0.5) is 0 Å². The molecule has 0 bridgehead atoms. The molecule has 4 heterocycles. The van der Waals surface area contributed by atoms with Gasteiger partial charge in [-0.2, -0.15) is 5.10 Å². The zero-order valence-electron chi connectivity index (χ0n) is 15.6. The van der Waals surface area contributed by atoms with Crippen LogP contribution in [-0.4, -0.2) is 62.1 Å². The summed E-state index contributed by atoms with van der Waals surface area (Å²) in [7, 11) is 2.13. The van der Waals surface area contributed by atoms with Gasteiger partial charge in [-0.3, -0.25) is 9.48 Å². The van der Waals surface area contributed by atoms with Gasteiger partial charge in [0, 0.05) is 80.8 Å². The van der Waals surface area contributed by atoms with Crippen molar-refractivity contribution in [3.05, 3.63) is 41.2 Å². The van der Waals surface area contributed by atoms with Gasteiger partial charge in [-0.15, -0.1) is 0 Å². The van der Waals surface area contributed by atoms with Gasteiger partial charge in [-0.25, -0.2) is 9.97 Å². The first-order chi connectivity index (χ1) is 12.6. The number of nitrogens with zero attached hydrogens (tertiary/aromatic N) is 6. The van der Waals surface area contributed by atoms with Crippen LogP contribution < -0.4 is 0 Å². The maximum Gasteiger partial charge on any atom is 0.224 e. The van der Waals surface area contributed by atoms with Crippen LogP contribution in [0.1, 0.15) is 41.5 Å². The molecular formula is C19H26N6O. The molecule has 1 saturated heterocycles. The maximum absolute atomic E-state index is 12.5. The van der Waals surface area contributed by atoms with Crippen LogP contribution in [0.5, 0.6) is 0 Å². The van der Waals surface area contributed by atoms with Gasteiger partial charge in [-0.05, 0) is 26.5 Å². The summed E-state index contributed by atoms with van der Waals surface area (Å²) in [5.41, 5.74) is 3.51. The van der Waals surface area contributed by atoms with Gasteiger partial charge in [0.1, 0.15) is 5.82 Å². The Morgan fingerprint density at radius 3 is 3.04 bits per heavy atom. The summed E-state index contributed by atoms with van der Waals surface area (Å²) in [6, 6.07) is 1.96. The third-order valence-corrected chi connectivity index (χ3v) is 5.52. The first-order valence-corrected chi connectivity index (χ1v) is 9.39. The molecule has 26 heavy (non-hydrogen) atoms. The summed E-state index contributed by atoms with van der Waals surface area (Å²) >= 11 is 0. The van der Waals surface area contributed by atoms with Gasteiger partial charge in [0.05, 0.1) is 0 Å². The van der Waals surface area contributed by atoms with Crippen molar-refractivity contribution in [2.75, 3.05) is 26.7 Å². The Kier molecular flexibility index (Phi) is 4.72. The van der Waals surface area contributed by atoms with Crippen LogP contribution in [0.2, 0.25) is 0 Å². The third kappa shape index (κ3) is 3.49. The Balaban J connectivity index is 1.36. The van der Waals surface area contributed by atoms with Crippen molar-refractivity contribution in [3.63, 3.8) is 0 Å². The fourth-order valence-electron chi connectivity index (χ4n) is 3.86. The predicted molar refractivity (Wildman–Crippen MR) is 97.6 cm³/mol. The molecule has 7 nitrogen and oxygen atoms in total. The molecule has 0 unspecified atom stereocenters. The summed E-state index contributed by atoms with van der Waals surface area (Å²) in [6.45, 7) is 6.15. The lowest BCUT2D eigenvalue weighted by molar-refractivity contribution is -0.130. The number of likely N-dealkylation sites (N-methyl/N-ethyl adjacent to an activating group) is 1. The lowest BCUT2D eigenvalue weighted by Gasteiger charge is -2.24. The minimum Gasteiger partial charge on any atom is -0.342 e. The van der Waals surface area contributed by atoms with E-state index in [-0.39, 0.29) is 11.8 Å². The maximum atomic E-state index is 12.5. The molecule has 2 aromatic heterocycles. The second kappa shape index (κ2) is 7.15. The van der Waals surface area contributed by atoms with Crippen LogP contribution >= 0.6 is 0 Å². The predicted octanol–water partition coefficient (Wildman–Crippen LogP) is 1.38. The number of hydrogen-bond acceptors (Lipinski definition) is 5. The molecule has 0 N–H and O–H groups in total. The van der Waals surface area contributed by atoms with E-state index in [1.54, 1.807) is 6.20 Å². The molecule has 7 heteroatoms. The molecule has 4 rings (SSSR count). The van der Waals surface area contributed by atoms with Crippen LogP contribution in [0.15, 0.2) is 18.5 Å². The molecule has 0 saturated carbocycles. The first-order valence-electron chi connectivity index (χ1n) is 9.39. The lowest BCUT2D eigenvalue weighted by Crippen LogP contribution is -2.30. The zero-order chi connectivity index (χ0) is 18.1. The minimum atomic E-state index is 0.196. The quantitative estimate of drug-likeness (QED) is 0.830. The number of likely N-dealkylation sites (tertiary alicyclic amines) is 1. The molecule has 1 atom stereocenters. The molecule has 1 fully saturated rings. The van der Waals surface area contributed by atoms with Gasteiger partial charge in [0.2, 0.25) is 5.91 Å². The number of rotatable bonds is 4. The Morgan fingerprint density at radius 1 is 1.35 bits per heavy atom. The zero-order valence-corrected chi connectivity index (χ0v) is 15.6. The van der Waals surface area contributed by atoms with E-state index in [4.69, 9.17) is 4.98 Å². The lowest BCUT2D eigenvalue weighted by atomic mass is 10.1. The summed E-state index contributed by atoms with van der Waals surface area (Å²) in [5.74, 6) is 1.36. The van der Waals surface area contributed by atoms with Crippen molar-refractivity contribution >= 4 is 5.91 Å². The van der Waals surface area contributed by atoms with Gasteiger partial charge >= 0.3 is 0 Å². The highest BCUT2D eigenvalue weighted by Crippen LogP contribution is 2.26. The number of amides is 1. The van der Waals surface area contributed by atoms with Crippen LogP contribution in [-0.2, 0) is 24.3 Å². The number of fused-ring (bicyclic) bond motifs is 1. The fourth-order valence-corrected chi connectivity index (χ4v) is 3.86. The largest absolute Gasteiger partial charge is 0.342 e. The van der Waals surface area contributed by atoms with E-state index in [0.29, 0.717) is 13.0 Å². The van der Waals surface area contributed by atoms with Crippen molar-refractivity contribution in [2.24, 2.45) is 0 Å². The topological polar surface area (TPSA) is 67.2 Å². The van der Waals surface area contributed by atoms with E-state index in [1.165, 1.54) is 11.3 Å². The molecule has 0 aromatic carbocycles. The summed E-state index contributed by atoms with van der Waals surface area (Å²) in [5, 5.41) is 4.25. The SMILES string of the molecule is Cc1ccnn1CCC(=O)N1CC[C@@H](c2ncc3c(n2)CCN(C)C3)C1. The summed E-state index contributed by atoms with van der Waals surface area (Å²) < 4.78 is 1.88. The Bertz CT molecular complexity index is 801. The first kappa shape index (κ1) is 17.1. The van der Waals surface area contributed by atoms with E-state index in [0.717, 1.165) is 50.5 Å². The second-order valence-electron chi connectivity index (χ2n) is 7.46. The average molecular weight is 354 g/mol. The Labute approximate surface area is 154 Å². The van der Waals surface area contributed by atoms with E-state index in [9.17, 15) is 4.79 Å². The van der Waals surface area contributed by atoms with Gasteiger partial charge < -0.3 is 9.80 Å². The van der Waals surface area contributed by atoms with Gasteiger partial charge in [-0.1, -0.05) is 0 Å². The van der Waals surface area contributed by atoms with Crippen molar-refractivity contribution in [1.29, 1.82) is 0 Å². The summed E-state index contributed by atoms with van der Waals surface area (Å²) in [4.78, 5) is 26.2. The van der Waals surface area contributed by atoms with Crippen molar-refractivity contribution in [2.45, 2.75) is 45.2 Å². The molecule has 1 amide bonds. The minimum absolute atomic E-state index is 0.196. The highest BCUT2D eigenvalue weighted by Gasteiger charge is 2.29. The van der Waals surface area contributed by atoms with E-state index < -0.39 is 0 Å². The van der Waals surface area contributed by atoms with Crippen LogP contribution in [0.3, 0.4) is 0 Å². The Morgan fingerprint density at radius 2 is 2.23 bits per heavy atom. The molecular weight excluding hydrogens is 328 g/mol. The number of hydrogen-bond donors (Lipinski definition) is 0. The van der Waals surface area contributed by atoms with Crippen molar-refractivity contribution < 1.29 is 4.79 Å². The number of carbonyl (C=O) groups excluding carboxylic acids is 1. The van der Waals surface area contributed by atoms with Crippen LogP contribution in [0.25, 0.3) is 0 Å². The Hall–Kier alpha value is -2.28. The number of aromatic nitrogens is 4. The molecule has 0 aliphatic carbocycles. The van der Waals surface area contributed by atoms with E-state index in [2.05, 4.69) is 22.0 Å². The molecule has 2 aromatic rings. The normalized spacial score (nSPS) is 20.4. The average Bonchev–Trinajstić information content (AvgIpc) is 3.28. The van der Waals surface area contributed by atoms with E-state index in [1.807, 2.05) is 28.8 Å². The van der Waals surface area contributed by atoms with Crippen molar-refractivity contribution in [1.82, 2.24) is 29.5 Å². The van der Waals surface area contributed by atoms with Crippen LogP contribution in [0, 0.1) is 6.92 Å². The highest BCUT2D eigenvalue weighted by molar-refractivity contribution is 5.76. The van der Waals surface area contributed by atoms with Crippen molar-refractivity contribution in [3.8, 4) is 0 Å². The number of aryl methyl sites for hydroxylation is 2. The standard InChI is InChI=1S/C19H26N6O/c1-14-3-7-21-25(14)10-6-18(26)24-9-4-15(13-24)19-20-11-16-12-23(2)8-5-17(16)22-19/h3,7,11,15H,4-6,8-10,12-13H2,1-2H3/t15-/m1/s1. The fraction of sp³-hybridized carbons (Fsp3) is 0.579. The third-order valence-electron chi connectivity index (χ3n) is 5.52. The molecule has 0 radical (unpaired) electrons. The summed E-state index contributed by atoms with van der Waals surface area (Å²) in [6.07, 6.45) is 6.19. The highest BCUT2D eigenvalue weighted by atomic mass is 16.2. The molecule has 138 valence electrons. The molecule has 2 aliphatic heterocycles.